The Hall–Kier alpha value is -2.14. The first-order chi connectivity index (χ1) is 9.61. The Balaban J connectivity index is 2.04. The number of ether oxygens (including phenoxy) is 1. The van der Waals surface area contributed by atoms with E-state index in [4.69, 9.17) is 11.2 Å². The average Bonchev–Trinajstić information content (AvgIpc) is 3.01. The third-order valence-electron chi connectivity index (χ3n) is 3.62. The molecular formula is C13H13N3O4. The van der Waals surface area contributed by atoms with Gasteiger partial charge in [-0.05, 0) is 12.1 Å². The molecule has 20 heavy (non-hydrogen) atoms. The zero-order valence-electron chi connectivity index (χ0n) is 10.5. The van der Waals surface area contributed by atoms with Crippen LogP contribution in [0.25, 0.3) is 5.52 Å². The average molecular weight is 275 g/mol. The van der Waals surface area contributed by atoms with Crippen LogP contribution < -0.4 is 5.56 Å². The van der Waals surface area contributed by atoms with E-state index in [1.54, 1.807) is 12.1 Å². The van der Waals surface area contributed by atoms with Gasteiger partial charge in [0.15, 0.2) is 5.60 Å². The molecule has 0 aromatic carbocycles. The van der Waals surface area contributed by atoms with Gasteiger partial charge in [0, 0.05) is 6.42 Å². The zero-order valence-corrected chi connectivity index (χ0v) is 10.5. The summed E-state index contributed by atoms with van der Waals surface area (Å²) in [5.41, 5.74) is -0.690. The lowest BCUT2D eigenvalue weighted by atomic mass is 9.98. The number of fused-ring (bicyclic) bond motifs is 1. The highest BCUT2D eigenvalue weighted by Gasteiger charge is 2.47. The molecule has 3 heterocycles. The minimum Gasteiger partial charge on any atom is -0.392 e. The van der Waals surface area contributed by atoms with Crippen molar-refractivity contribution in [3.63, 3.8) is 0 Å². The summed E-state index contributed by atoms with van der Waals surface area (Å²) in [6.07, 6.45) is 5.35. The number of terminal acetylenes is 1. The molecule has 7 nitrogen and oxygen atoms in total. The van der Waals surface area contributed by atoms with E-state index in [1.165, 1.54) is 10.8 Å². The lowest BCUT2D eigenvalue weighted by Crippen LogP contribution is -2.41. The number of H-pyrrole nitrogens is 1. The summed E-state index contributed by atoms with van der Waals surface area (Å²) in [5.74, 6) is 2.31. The highest BCUT2D eigenvalue weighted by atomic mass is 16.5. The number of nitrogens with one attached hydrogen (secondary N) is 1. The van der Waals surface area contributed by atoms with Crippen molar-refractivity contribution in [2.45, 2.75) is 24.2 Å². The largest absolute Gasteiger partial charge is 0.392 e. The van der Waals surface area contributed by atoms with E-state index < -0.39 is 24.4 Å². The van der Waals surface area contributed by atoms with Crippen LogP contribution in [-0.4, -0.2) is 43.1 Å². The number of aromatic amines is 1. The van der Waals surface area contributed by atoms with Gasteiger partial charge in [-0.25, -0.2) is 4.52 Å². The molecule has 3 N–H and O–H groups in total. The molecule has 0 unspecified atom stereocenters. The van der Waals surface area contributed by atoms with Crippen LogP contribution in [0.15, 0.2) is 23.3 Å². The molecule has 1 aliphatic rings. The molecule has 0 saturated carbocycles. The SMILES string of the molecule is C#C[C@]1(CO)O[C@@H](c2ccc3c(=O)[nH]cnn23)C[C@@H]1O. The van der Waals surface area contributed by atoms with Crippen LogP contribution in [0.1, 0.15) is 18.2 Å². The minimum absolute atomic E-state index is 0.228. The Kier molecular flexibility index (Phi) is 2.87. The van der Waals surface area contributed by atoms with Gasteiger partial charge in [-0.3, -0.25) is 4.79 Å². The van der Waals surface area contributed by atoms with Gasteiger partial charge in [-0.1, -0.05) is 5.92 Å². The van der Waals surface area contributed by atoms with Gasteiger partial charge in [0.1, 0.15) is 17.9 Å². The van der Waals surface area contributed by atoms with Gasteiger partial charge in [0.2, 0.25) is 0 Å². The number of aliphatic hydroxyl groups is 2. The molecule has 0 amide bonds. The Labute approximate surface area is 113 Å². The topological polar surface area (TPSA) is 99.9 Å². The van der Waals surface area contributed by atoms with Crippen molar-refractivity contribution in [2.24, 2.45) is 0 Å². The molecule has 1 fully saturated rings. The summed E-state index contributed by atoms with van der Waals surface area (Å²) in [6, 6.07) is 3.31. The maximum Gasteiger partial charge on any atom is 0.275 e. The fraction of sp³-hybridized carbons (Fsp3) is 0.385. The Morgan fingerprint density at radius 3 is 3.10 bits per heavy atom. The van der Waals surface area contributed by atoms with Gasteiger partial charge in [-0.15, -0.1) is 6.42 Å². The van der Waals surface area contributed by atoms with Crippen LogP contribution in [0.5, 0.6) is 0 Å². The molecule has 0 spiro atoms. The van der Waals surface area contributed by atoms with Crippen molar-refractivity contribution in [1.82, 2.24) is 14.6 Å². The summed E-state index contributed by atoms with van der Waals surface area (Å²) >= 11 is 0. The maximum absolute atomic E-state index is 11.6. The molecule has 0 radical (unpaired) electrons. The van der Waals surface area contributed by atoms with Crippen molar-refractivity contribution in [3.8, 4) is 12.3 Å². The van der Waals surface area contributed by atoms with Gasteiger partial charge in [0.25, 0.3) is 5.56 Å². The van der Waals surface area contributed by atoms with Crippen molar-refractivity contribution < 1.29 is 14.9 Å². The number of aliphatic hydroxyl groups excluding tert-OH is 2. The van der Waals surface area contributed by atoms with Gasteiger partial charge in [0.05, 0.1) is 18.4 Å². The molecule has 1 aliphatic heterocycles. The van der Waals surface area contributed by atoms with Crippen LogP contribution in [0.3, 0.4) is 0 Å². The lowest BCUT2D eigenvalue weighted by Gasteiger charge is -2.23. The van der Waals surface area contributed by atoms with E-state index in [0.29, 0.717) is 11.2 Å². The fourth-order valence-corrected chi connectivity index (χ4v) is 2.48. The first kappa shape index (κ1) is 12.9. The van der Waals surface area contributed by atoms with Crippen LogP contribution in [-0.2, 0) is 4.74 Å². The smallest absolute Gasteiger partial charge is 0.275 e. The predicted octanol–water partition coefficient (Wildman–Crippen LogP) is -0.791. The molecule has 104 valence electrons. The number of hydrogen-bond acceptors (Lipinski definition) is 5. The summed E-state index contributed by atoms with van der Waals surface area (Å²) in [5, 5.41) is 23.4. The summed E-state index contributed by atoms with van der Waals surface area (Å²) in [7, 11) is 0. The minimum atomic E-state index is -1.41. The quantitative estimate of drug-likeness (QED) is 0.624. The normalized spacial score (nSPS) is 29.6. The van der Waals surface area contributed by atoms with E-state index in [1.807, 2.05) is 0 Å². The molecule has 2 aromatic heterocycles. The first-order valence-corrected chi connectivity index (χ1v) is 6.11. The molecule has 3 atom stereocenters. The Morgan fingerprint density at radius 1 is 1.65 bits per heavy atom. The van der Waals surface area contributed by atoms with E-state index in [2.05, 4.69) is 16.0 Å². The summed E-state index contributed by atoms with van der Waals surface area (Å²) < 4.78 is 7.09. The monoisotopic (exact) mass is 275 g/mol. The molecule has 7 heteroatoms. The molecule has 3 rings (SSSR count). The maximum atomic E-state index is 11.6. The summed E-state index contributed by atoms with van der Waals surface area (Å²) in [4.78, 5) is 14.1. The number of nitrogens with zero attached hydrogens (tertiary/aromatic N) is 2. The second-order valence-electron chi connectivity index (χ2n) is 4.72. The number of aromatic nitrogens is 3. The predicted molar refractivity (Wildman–Crippen MR) is 68.9 cm³/mol. The standard InChI is InChI=1S/C13H13N3O4/c1-2-13(6-17)11(18)5-10(20-13)8-3-4-9-12(19)14-7-15-16(8)9/h1,3-4,7,10-11,17-18H,5-6H2,(H,14,15,19)/t10-,11+,13-/m1/s1. The third kappa shape index (κ3) is 1.67. The molecule has 0 aliphatic carbocycles. The fourth-order valence-electron chi connectivity index (χ4n) is 2.48. The second-order valence-corrected chi connectivity index (χ2v) is 4.72. The van der Waals surface area contributed by atoms with Crippen molar-refractivity contribution in [1.29, 1.82) is 0 Å². The highest BCUT2D eigenvalue weighted by molar-refractivity contribution is 5.46. The van der Waals surface area contributed by atoms with E-state index in [9.17, 15) is 15.0 Å². The van der Waals surface area contributed by atoms with Gasteiger partial charge in [-0.2, -0.15) is 5.10 Å². The van der Waals surface area contributed by atoms with Crippen molar-refractivity contribution in [2.75, 3.05) is 6.61 Å². The van der Waals surface area contributed by atoms with Crippen molar-refractivity contribution in [3.05, 3.63) is 34.5 Å². The molecular weight excluding hydrogens is 262 g/mol. The Morgan fingerprint density at radius 2 is 2.45 bits per heavy atom. The van der Waals surface area contributed by atoms with Crippen LogP contribution in [0, 0.1) is 12.3 Å². The second kappa shape index (κ2) is 4.45. The van der Waals surface area contributed by atoms with E-state index in [-0.39, 0.29) is 12.0 Å². The highest BCUT2D eigenvalue weighted by Crippen LogP contribution is 2.39. The van der Waals surface area contributed by atoms with Gasteiger partial charge >= 0.3 is 0 Å². The Bertz CT molecular complexity index is 744. The van der Waals surface area contributed by atoms with Gasteiger partial charge < -0.3 is 19.9 Å². The van der Waals surface area contributed by atoms with Crippen LogP contribution in [0.4, 0.5) is 0 Å². The molecule has 0 bridgehead atoms. The number of rotatable bonds is 2. The van der Waals surface area contributed by atoms with E-state index in [0.717, 1.165) is 0 Å². The van der Waals surface area contributed by atoms with E-state index >= 15 is 0 Å². The van der Waals surface area contributed by atoms with Crippen LogP contribution in [0.2, 0.25) is 0 Å². The zero-order chi connectivity index (χ0) is 14.3. The molecule has 1 saturated heterocycles. The number of hydrogen-bond donors (Lipinski definition) is 3. The molecule has 2 aromatic rings. The van der Waals surface area contributed by atoms with Crippen molar-refractivity contribution >= 4 is 5.52 Å². The summed E-state index contributed by atoms with van der Waals surface area (Å²) in [6.45, 7) is -0.474. The lowest BCUT2D eigenvalue weighted by molar-refractivity contribution is -0.0732. The third-order valence-corrected chi connectivity index (χ3v) is 3.62. The van der Waals surface area contributed by atoms with Crippen LogP contribution >= 0.6 is 0 Å². The first-order valence-electron chi connectivity index (χ1n) is 6.11.